The van der Waals surface area contributed by atoms with Crippen molar-refractivity contribution in [2.24, 2.45) is 0 Å². The van der Waals surface area contributed by atoms with Crippen LogP contribution in [0.2, 0.25) is 0 Å². The predicted octanol–water partition coefficient (Wildman–Crippen LogP) is 5.24. The van der Waals surface area contributed by atoms with Crippen LogP contribution in [-0.2, 0) is 4.74 Å². The van der Waals surface area contributed by atoms with Crippen LogP contribution in [0.5, 0.6) is 0 Å². The normalized spacial score (nSPS) is 10.7. The highest BCUT2D eigenvalue weighted by molar-refractivity contribution is 7.22. The van der Waals surface area contributed by atoms with Crippen LogP contribution in [0.4, 0.5) is 0 Å². The van der Waals surface area contributed by atoms with Crippen molar-refractivity contribution in [3.8, 4) is 21.8 Å². The molecular weight excluding hydrogens is 434 g/mol. The summed E-state index contributed by atoms with van der Waals surface area (Å²) in [6.45, 7) is 9.11. The van der Waals surface area contributed by atoms with Gasteiger partial charge in [0.15, 0.2) is 5.82 Å². The Morgan fingerprint density at radius 1 is 1.12 bits per heavy atom. The molecule has 9 heteroatoms. The Morgan fingerprint density at radius 3 is 2.70 bits per heavy atom. The van der Waals surface area contributed by atoms with Gasteiger partial charge in [0, 0.05) is 47.4 Å². The number of fused-ring (bicyclic) bond motifs is 2. The summed E-state index contributed by atoms with van der Waals surface area (Å²) in [6.07, 6.45) is 7.38. The molecule has 0 bridgehead atoms. The van der Waals surface area contributed by atoms with Crippen LogP contribution >= 0.6 is 11.3 Å². The van der Waals surface area contributed by atoms with Gasteiger partial charge in [0.25, 0.3) is 0 Å². The SMILES string of the molecule is CC.CCN(C)CCOC.c1cc(-c2ncc3sc(-c4cn[nH]c4)cc3n2)c2cn[nH]c2c1. The van der Waals surface area contributed by atoms with Gasteiger partial charge in [-0.05, 0) is 25.7 Å². The molecule has 0 fully saturated rings. The zero-order chi connectivity index (χ0) is 23.6. The van der Waals surface area contributed by atoms with Gasteiger partial charge in [-0.15, -0.1) is 11.3 Å². The second kappa shape index (κ2) is 12.2. The lowest BCUT2D eigenvalue weighted by Gasteiger charge is -2.11. The van der Waals surface area contributed by atoms with Crippen LogP contribution in [0.3, 0.4) is 0 Å². The number of hydrogen-bond donors (Lipinski definition) is 2. The molecule has 1 aromatic carbocycles. The zero-order valence-electron chi connectivity index (χ0n) is 19.8. The molecule has 0 unspecified atom stereocenters. The van der Waals surface area contributed by atoms with E-state index in [1.165, 1.54) is 0 Å². The van der Waals surface area contributed by atoms with E-state index in [1.807, 2.05) is 56.8 Å². The quantitative estimate of drug-likeness (QED) is 0.356. The highest BCUT2D eigenvalue weighted by atomic mass is 32.1. The Balaban J connectivity index is 0.000000264. The highest BCUT2D eigenvalue weighted by Gasteiger charge is 2.11. The average Bonchev–Trinajstić information content (AvgIpc) is 3.63. The van der Waals surface area contributed by atoms with E-state index < -0.39 is 0 Å². The second-order valence-electron chi connectivity index (χ2n) is 7.07. The van der Waals surface area contributed by atoms with Crippen molar-refractivity contribution in [3.63, 3.8) is 0 Å². The molecule has 174 valence electrons. The van der Waals surface area contributed by atoms with Crippen molar-refractivity contribution in [1.82, 2.24) is 35.3 Å². The molecule has 8 nitrogen and oxygen atoms in total. The van der Waals surface area contributed by atoms with Gasteiger partial charge < -0.3 is 9.64 Å². The fourth-order valence-corrected chi connectivity index (χ4v) is 4.02. The van der Waals surface area contributed by atoms with Gasteiger partial charge in [0.05, 0.1) is 34.7 Å². The first kappa shape index (κ1) is 24.5. The number of likely N-dealkylation sites (N-methyl/N-ethyl adjacent to an activating group) is 1. The number of ether oxygens (including phenoxy) is 1. The van der Waals surface area contributed by atoms with Crippen molar-refractivity contribution in [2.45, 2.75) is 20.8 Å². The average molecular weight is 466 g/mol. The predicted molar refractivity (Wildman–Crippen MR) is 136 cm³/mol. The standard InChI is InChI=1S/C16H10N6S.C6H15NO.C2H6/c1-2-10(11-7-20-22-12(11)3-1)16-17-8-15-13(21-16)4-14(23-15)9-5-18-19-6-9;1-4-7(2)5-6-8-3;1-2/h1-8H,(H,18,19)(H,20,22);4-6H2,1-3H3;1-2H3. The maximum Gasteiger partial charge on any atom is 0.160 e. The third-order valence-electron chi connectivity index (χ3n) is 5.00. The fourth-order valence-electron chi connectivity index (χ4n) is 3.06. The third-order valence-corrected chi connectivity index (χ3v) is 6.10. The Bertz CT molecular complexity index is 1250. The number of methoxy groups -OCH3 is 1. The first-order chi connectivity index (χ1) is 16.2. The summed E-state index contributed by atoms with van der Waals surface area (Å²) in [6, 6.07) is 8.06. The molecule has 0 saturated heterocycles. The van der Waals surface area contributed by atoms with E-state index in [9.17, 15) is 0 Å². The molecule has 4 heterocycles. The smallest absolute Gasteiger partial charge is 0.160 e. The van der Waals surface area contributed by atoms with E-state index >= 15 is 0 Å². The van der Waals surface area contributed by atoms with E-state index in [2.05, 4.69) is 50.3 Å². The van der Waals surface area contributed by atoms with E-state index in [-0.39, 0.29) is 0 Å². The molecule has 0 atom stereocenters. The van der Waals surface area contributed by atoms with E-state index in [4.69, 9.17) is 9.72 Å². The van der Waals surface area contributed by atoms with Gasteiger partial charge in [0.2, 0.25) is 0 Å². The number of nitrogens with one attached hydrogen (secondary N) is 2. The maximum absolute atomic E-state index is 4.87. The lowest BCUT2D eigenvalue weighted by atomic mass is 10.1. The van der Waals surface area contributed by atoms with E-state index in [0.29, 0.717) is 5.82 Å². The molecule has 0 aliphatic rings. The summed E-state index contributed by atoms with van der Waals surface area (Å²) in [5, 5.41) is 14.9. The van der Waals surface area contributed by atoms with Gasteiger partial charge in [-0.2, -0.15) is 10.2 Å². The number of aromatic nitrogens is 6. The number of thiophene rings is 1. The summed E-state index contributed by atoms with van der Waals surface area (Å²) < 4.78 is 5.93. The number of hydrogen-bond acceptors (Lipinski definition) is 7. The Morgan fingerprint density at radius 2 is 1.97 bits per heavy atom. The number of H-pyrrole nitrogens is 2. The Kier molecular flexibility index (Phi) is 9.05. The Labute approximate surface area is 198 Å². The summed E-state index contributed by atoms with van der Waals surface area (Å²) in [5.41, 5.74) is 3.97. The number of nitrogens with zero attached hydrogens (tertiary/aromatic N) is 5. The highest BCUT2D eigenvalue weighted by Crippen LogP contribution is 2.33. The number of aromatic amines is 2. The molecule has 0 saturated carbocycles. The molecule has 4 aromatic heterocycles. The van der Waals surface area contributed by atoms with Crippen molar-refractivity contribution in [1.29, 1.82) is 0 Å². The van der Waals surface area contributed by atoms with E-state index in [0.717, 1.165) is 56.8 Å². The van der Waals surface area contributed by atoms with Gasteiger partial charge >= 0.3 is 0 Å². The summed E-state index contributed by atoms with van der Waals surface area (Å²) in [7, 11) is 3.81. The minimum absolute atomic E-state index is 0.709. The molecule has 0 spiro atoms. The van der Waals surface area contributed by atoms with E-state index in [1.54, 1.807) is 18.4 Å². The van der Waals surface area contributed by atoms with Crippen LogP contribution in [-0.4, -0.2) is 69.1 Å². The Hall–Kier alpha value is -3.14. The lowest BCUT2D eigenvalue weighted by molar-refractivity contribution is 0.164. The molecule has 2 N–H and O–H groups in total. The first-order valence-electron chi connectivity index (χ1n) is 11.0. The van der Waals surface area contributed by atoms with Crippen molar-refractivity contribution in [3.05, 3.63) is 49.1 Å². The van der Waals surface area contributed by atoms with Crippen LogP contribution in [0.25, 0.3) is 42.9 Å². The van der Waals surface area contributed by atoms with Crippen molar-refractivity contribution < 1.29 is 4.74 Å². The molecule has 0 aliphatic heterocycles. The van der Waals surface area contributed by atoms with Crippen molar-refractivity contribution >= 4 is 32.5 Å². The van der Waals surface area contributed by atoms with Gasteiger partial charge in [-0.1, -0.05) is 32.9 Å². The number of benzene rings is 1. The summed E-state index contributed by atoms with van der Waals surface area (Å²) >= 11 is 1.66. The largest absolute Gasteiger partial charge is 0.383 e. The third kappa shape index (κ3) is 6.01. The van der Waals surface area contributed by atoms with Crippen LogP contribution < -0.4 is 0 Å². The monoisotopic (exact) mass is 465 g/mol. The molecule has 0 aliphatic carbocycles. The van der Waals surface area contributed by atoms with Gasteiger partial charge in [0.1, 0.15) is 0 Å². The fraction of sp³-hybridized carbons (Fsp3) is 0.333. The van der Waals surface area contributed by atoms with Gasteiger partial charge in [-0.25, -0.2) is 9.97 Å². The minimum Gasteiger partial charge on any atom is -0.383 e. The van der Waals surface area contributed by atoms with Crippen LogP contribution in [0.1, 0.15) is 20.8 Å². The first-order valence-corrected chi connectivity index (χ1v) is 11.9. The second-order valence-corrected chi connectivity index (χ2v) is 8.15. The minimum atomic E-state index is 0.709. The zero-order valence-corrected chi connectivity index (χ0v) is 20.6. The molecule has 5 aromatic rings. The molecule has 5 rings (SSSR count). The lowest BCUT2D eigenvalue weighted by Crippen LogP contribution is -2.21. The molecule has 0 radical (unpaired) electrons. The van der Waals surface area contributed by atoms with Gasteiger partial charge in [-0.3, -0.25) is 10.2 Å². The molecule has 33 heavy (non-hydrogen) atoms. The van der Waals surface area contributed by atoms with Crippen molar-refractivity contribution in [2.75, 3.05) is 33.9 Å². The number of rotatable bonds is 6. The molecule has 0 amide bonds. The topological polar surface area (TPSA) is 95.6 Å². The van der Waals surface area contributed by atoms with Crippen LogP contribution in [0.15, 0.2) is 49.1 Å². The van der Waals surface area contributed by atoms with Crippen LogP contribution in [0, 0.1) is 0 Å². The summed E-state index contributed by atoms with van der Waals surface area (Å²) in [5.74, 6) is 0.709. The molecular formula is C24H31N7OS. The summed E-state index contributed by atoms with van der Waals surface area (Å²) in [4.78, 5) is 12.6. The maximum atomic E-state index is 4.87.